The van der Waals surface area contributed by atoms with E-state index in [1.807, 2.05) is 39.1 Å². The summed E-state index contributed by atoms with van der Waals surface area (Å²) >= 11 is 1.45. The molecule has 0 aliphatic rings. The molecule has 6 nitrogen and oxygen atoms in total. The third-order valence-corrected chi connectivity index (χ3v) is 5.57. The molecule has 148 valence electrons. The summed E-state index contributed by atoms with van der Waals surface area (Å²) in [6, 6.07) is 10.3. The summed E-state index contributed by atoms with van der Waals surface area (Å²) < 4.78 is 3.86. The number of carbonyl (C=O) groups excluding carboxylic acids is 1. The molecule has 0 aliphatic carbocycles. The van der Waals surface area contributed by atoms with Gasteiger partial charge in [-0.3, -0.25) is 9.36 Å². The molecule has 28 heavy (non-hydrogen) atoms. The first-order valence-electron chi connectivity index (χ1n) is 9.52. The van der Waals surface area contributed by atoms with Crippen LogP contribution in [0.4, 0.5) is 5.82 Å². The number of para-hydroxylation sites is 1. The molecule has 7 heteroatoms. The summed E-state index contributed by atoms with van der Waals surface area (Å²) in [5, 5.41) is 7.74. The number of nitrogens with one attached hydrogen (secondary N) is 1. The summed E-state index contributed by atoms with van der Waals surface area (Å²) in [6.07, 6.45) is 5.42. The molecule has 0 saturated carbocycles. The van der Waals surface area contributed by atoms with Crippen molar-refractivity contribution in [2.45, 2.75) is 57.0 Å². The lowest BCUT2D eigenvalue weighted by Crippen LogP contribution is -2.25. The van der Waals surface area contributed by atoms with Gasteiger partial charge in [-0.1, -0.05) is 43.8 Å². The van der Waals surface area contributed by atoms with Gasteiger partial charge in [-0.15, -0.1) is 0 Å². The molecular weight excluding hydrogens is 370 g/mol. The number of hydrogen-bond donors (Lipinski definition) is 1. The van der Waals surface area contributed by atoms with Crippen molar-refractivity contribution in [2.24, 2.45) is 0 Å². The summed E-state index contributed by atoms with van der Waals surface area (Å²) in [5.74, 6) is 1.04. The Balaban J connectivity index is 1.77. The Bertz CT molecular complexity index is 944. The Morgan fingerprint density at radius 1 is 1.07 bits per heavy atom. The van der Waals surface area contributed by atoms with Gasteiger partial charge in [0.05, 0.1) is 17.1 Å². The Labute approximate surface area is 170 Å². The SMILES string of the molecule is CC(C)c1ccccc1-n1ccnc1S[C@H](C)C(=O)Nc1ccnn1C(C)C. The van der Waals surface area contributed by atoms with E-state index >= 15 is 0 Å². The number of anilines is 1. The summed E-state index contributed by atoms with van der Waals surface area (Å²) in [6.45, 7) is 10.3. The van der Waals surface area contributed by atoms with Crippen molar-refractivity contribution in [3.63, 3.8) is 0 Å². The van der Waals surface area contributed by atoms with Crippen LogP contribution in [0.3, 0.4) is 0 Å². The molecule has 1 amide bonds. The van der Waals surface area contributed by atoms with Crippen LogP contribution in [0.15, 0.2) is 54.1 Å². The molecule has 0 spiro atoms. The minimum absolute atomic E-state index is 0.0703. The van der Waals surface area contributed by atoms with Crippen molar-refractivity contribution in [3.05, 3.63) is 54.5 Å². The summed E-state index contributed by atoms with van der Waals surface area (Å²) in [4.78, 5) is 17.2. The number of nitrogens with zero attached hydrogens (tertiary/aromatic N) is 4. The van der Waals surface area contributed by atoms with E-state index in [-0.39, 0.29) is 17.2 Å². The van der Waals surface area contributed by atoms with Gasteiger partial charge in [0.25, 0.3) is 0 Å². The van der Waals surface area contributed by atoms with E-state index in [2.05, 4.69) is 52.0 Å². The number of thioether (sulfide) groups is 1. The highest BCUT2D eigenvalue weighted by molar-refractivity contribution is 8.00. The van der Waals surface area contributed by atoms with Gasteiger partial charge in [0.1, 0.15) is 5.82 Å². The molecule has 0 radical (unpaired) electrons. The number of hydrogen-bond acceptors (Lipinski definition) is 4. The molecule has 0 unspecified atom stereocenters. The molecule has 0 saturated heterocycles. The Hall–Kier alpha value is -2.54. The third kappa shape index (κ3) is 4.30. The van der Waals surface area contributed by atoms with Crippen LogP contribution in [-0.2, 0) is 4.79 Å². The number of aromatic nitrogens is 4. The average Bonchev–Trinajstić information content (AvgIpc) is 3.31. The molecule has 1 aromatic carbocycles. The van der Waals surface area contributed by atoms with Gasteiger partial charge in [0.2, 0.25) is 5.91 Å². The van der Waals surface area contributed by atoms with Crippen molar-refractivity contribution in [3.8, 4) is 5.69 Å². The van der Waals surface area contributed by atoms with Crippen LogP contribution in [0.1, 0.15) is 52.1 Å². The zero-order valence-electron chi connectivity index (χ0n) is 17.0. The first-order chi connectivity index (χ1) is 13.4. The lowest BCUT2D eigenvalue weighted by molar-refractivity contribution is -0.115. The summed E-state index contributed by atoms with van der Waals surface area (Å²) in [7, 11) is 0. The number of benzene rings is 1. The highest BCUT2D eigenvalue weighted by atomic mass is 32.2. The predicted molar refractivity (Wildman–Crippen MR) is 114 cm³/mol. The fourth-order valence-electron chi connectivity index (χ4n) is 3.02. The molecule has 3 rings (SSSR count). The molecule has 1 atom stereocenters. The van der Waals surface area contributed by atoms with Crippen LogP contribution < -0.4 is 5.32 Å². The van der Waals surface area contributed by atoms with E-state index in [0.717, 1.165) is 10.8 Å². The van der Waals surface area contributed by atoms with Crippen LogP contribution >= 0.6 is 11.8 Å². The maximum absolute atomic E-state index is 12.7. The van der Waals surface area contributed by atoms with Gasteiger partial charge in [-0.2, -0.15) is 5.10 Å². The first kappa shape index (κ1) is 20.2. The van der Waals surface area contributed by atoms with Crippen LogP contribution in [-0.4, -0.2) is 30.5 Å². The second-order valence-corrected chi connectivity index (χ2v) is 8.61. The topological polar surface area (TPSA) is 64.7 Å². The van der Waals surface area contributed by atoms with Crippen molar-refractivity contribution in [1.82, 2.24) is 19.3 Å². The normalized spacial score (nSPS) is 12.5. The number of amides is 1. The van der Waals surface area contributed by atoms with Crippen LogP contribution in [0.5, 0.6) is 0 Å². The van der Waals surface area contributed by atoms with Gasteiger partial charge in [-0.05, 0) is 38.3 Å². The first-order valence-corrected chi connectivity index (χ1v) is 10.4. The molecular formula is C21H27N5OS. The van der Waals surface area contributed by atoms with Gasteiger partial charge < -0.3 is 5.32 Å². The van der Waals surface area contributed by atoms with Gasteiger partial charge >= 0.3 is 0 Å². The molecule has 0 fully saturated rings. The van der Waals surface area contributed by atoms with E-state index in [1.54, 1.807) is 17.1 Å². The number of rotatable bonds is 7. The van der Waals surface area contributed by atoms with Crippen molar-refractivity contribution < 1.29 is 4.79 Å². The maximum Gasteiger partial charge on any atom is 0.238 e. The Kier molecular flexibility index (Phi) is 6.24. The Morgan fingerprint density at radius 3 is 2.54 bits per heavy atom. The average molecular weight is 398 g/mol. The molecule has 1 N–H and O–H groups in total. The van der Waals surface area contributed by atoms with Crippen LogP contribution in [0.2, 0.25) is 0 Å². The highest BCUT2D eigenvalue weighted by Crippen LogP contribution is 2.29. The second-order valence-electron chi connectivity index (χ2n) is 7.30. The van der Waals surface area contributed by atoms with Crippen molar-refractivity contribution in [2.75, 3.05) is 5.32 Å². The molecule has 2 aromatic heterocycles. The maximum atomic E-state index is 12.7. The minimum Gasteiger partial charge on any atom is -0.310 e. The monoisotopic (exact) mass is 397 g/mol. The highest BCUT2D eigenvalue weighted by Gasteiger charge is 2.20. The molecule has 0 aliphatic heterocycles. The van der Waals surface area contributed by atoms with E-state index in [1.165, 1.54) is 17.3 Å². The lowest BCUT2D eigenvalue weighted by atomic mass is 10.0. The smallest absolute Gasteiger partial charge is 0.238 e. The zero-order valence-corrected chi connectivity index (χ0v) is 17.8. The van der Waals surface area contributed by atoms with Gasteiger partial charge in [0.15, 0.2) is 5.16 Å². The zero-order chi connectivity index (χ0) is 20.3. The second kappa shape index (κ2) is 8.65. The lowest BCUT2D eigenvalue weighted by Gasteiger charge is -2.17. The van der Waals surface area contributed by atoms with Crippen LogP contribution in [0.25, 0.3) is 5.69 Å². The standard InChI is InChI=1S/C21H27N5OS/c1-14(2)17-8-6-7-9-18(17)25-13-12-22-21(25)28-16(5)20(27)24-19-10-11-23-26(19)15(3)4/h6-16H,1-5H3,(H,24,27)/t16-/m1/s1. The van der Waals surface area contributed by atoms with Crippen molar-refractivity contribution in [1.29, 1.82) is 0 Å². The van der Waals surface area contributed by atoms with Gasteiger partial charge in [-0.25, -0.2) is 9.67 Å². The predicted octanol–water partition coefficient (Wildman–Crippen LogP) is 4.89. The number of carbonyl (C=O) groups is 1. The fourth-order valence-corrected chi connectivity index (χ4v) is 3.90. The molecule has 0 bridgehead atoms. The quantitative estimate of drug-likeness (QED) is 0.576. The van der Waals surface area contributed by atoms with E-state index in [0.29, 0.717) is 11.7 Å². The minimum atomic E-state index is -0.303. The van der Waals surface area contributed by atoms with E-state index < -0.39 is 0 Å². The van der Waals surface area contributed by atoms with E-state index in [9.17, 15) is 4.79 Å². The van der Waals surface area contributed by atoms with Gasteiger partial charge in [0, 0.05) is 24.5 Å². The van der Waals surface area contributed by atoms with Crippen molar-refractivity contribution >= 4 is 23.5 Å². The van der Waals surface area contributed by atoms with Crippen LogP contribution in [0, 0.1) is 0 Å². The Morgan fingerprint density at radius 2 is 1.82 bits per heavy atom. The molecule has 3 aromatic rings. The van der Waals surface area contributed by atoms with E-state index in [4.69, 9.17) is 0 Å². The number of imidazole rings is 1. The third-order valence-electron chi connectivity index (χ3n) is 4.49. The largest absolute Gasteiger partial charge is 0.310 e. The fraction of sp³-hybridized carbons (Fsp3) is 0.381. The summed E-state index contributed by atoms with van der Waals surface area (Å²) in [5.41, 5.74) is 2.35. The molecule has 2 heterocycles.